The minimum absolute atomic E-state index is 0.270. The first-order chi connectivity index (χ1) is 9.43. The van der Waals surface area contributed by atoms with Crippen LogP contribution in [-0.2, 0) is 4.79 Å². The van der Waals surface area contributed by atoms with E-state index < -0.39 is 0 Å². The van der Waals surface area contributed by atoms with Crippen LogP contribution in [0.3, 0.4) is 0 Å². The van der Waals surface area contributed by atoms with Gasteiger partial charge in [0.15, 0.2) is 5.78 Å². The van der Waals surface area contributed by atoms with Crippen molar-refractivity contribution in [3.63, 3.8) is 0 Å². The van der Waals surface area contributed by atoms with Crippen LogP contribution in [0.5, 0.6) is 0 Å². The summed E-state index contributed by atoms with van der Waals surface area (Å²) in [7, 11) is 4.01. The molecule has 0 atom stereocenters. The van der Waals surface area contributed by atoms with E-state index in [0.29, 0.717) is 11.8 Å². The molecular formula is C16H31N3O. The lowest BCUT2D eigenvalue weighted by Gasteiger charge is -2.41. The van der Waals surface area contributed by atoms with Crippen molar-refractivity contribution < 1.29 is 4.79 Å². The van der Waals surface area contributed by atoms with Gasteiger partial charge in [0, 0.05) is 38.1 Å². The van der Waals surface area contributed by atoms with E-state index in [1.54, 1.807) is 0 Å². The minimum atomic E-state index is -0.327. The van der Waals surface area contributed by atoms with Crippen molar-refractivity contribution in [2.24, 2.45) is 5.92 Å². The normalized spacial score (nSPS) is 29.6. The van der Waals surface area contributed by atoms with Gasteiger partial charge in [-0.15, -0.1) is 0 Å². The Balaban J connectivity index is 1.86. The molecule has 1 N–H and O–H groups in total. The van der Waals surface area contributed by atoms with Gasteiger partial charge >= 0.3 is 0 Å². The van der Waals surface area contributed by atoms with Crippen LogP contribution >= 0.6 is 0 Å². The lowest BCUT2D eigenvalue weighted by Crippen LogP contribution is -2.52. The van der Waals surface area contributed by atoms with E-state index in [1.165, 1.54) is 25.9 Å². The number of hydrogen-bond acceptors (Lipinski definition) is 4. The van der Waals surface area contributed by atoms with Gasteiger partial charge in [-0.1, -0.05) is 0 Å². The minimum Gasteiger partial charge on any atom is -0.314 e. The van der Waals surface area contributed by atoms with E-state index in [2.05, 4.69) is 29.0 Å². The summed E-state index contributed by atoms with van der Waals surface area (Å²) < 4.78 is 0. The summed E-state index contributed by atoms with van der Waals surface area (Å²) in [6.45, 7) is 8.69. The average Bonchev–Trinajstić information content (AvgIpc) is 2.47. The zero-order chi connectivity index (χ0) is 14.8. The number of nitrogens with one attached hydrogen (secondary N) is 1. The predicted molar refractivity (Wildman–Crippen MR) is 83.0 cm³/mol. The fourth-order valence-electron chi connectivity index (χ4n) is 3.47. The first-order valence-electron chi connectivity index (χ1n) is 8.09. The van der Waals surface area contributed by atoms with Crippen LogP contribution in [0.2, 0.25) is 0 Å². The summed E-state index contributed by atoms with van der Waals surface area (Å²) in [5.41, 5.74) is -0.327. The molecule has 0 spiro atoms. The number of hydrogen-bond donors (Lipinski definition) is 1. The largest absolute Gasteiger partial charge is 0.314 e. The van der Waals surface area contributed by atoms with Crippen molar-refractivity contribution in [2.45, 2.75) is 51.1 Å². The number of piperazine rings is 1. The van der Waals surface area contributed by atoms with Crippen molar-refractivity contribution in [1.82, 2.24) is 15.1 Å². The molecule has 0 aromatic carbocycles. The van der Waals surface area contributed by atoms with Gasteiger partial charge in [0.1, 0.15) is 0 Å². The molecule has 4 heteroatoms. The zero-order valence-corrected chi connectivity index (χ0v) is 13.6. The van der Waals surface area contributed by atoms with Crippen molar-refractivity contribution >= 4 is 5.78 Å². The molecule has 0 bridgehead atoms. The average molecular weight is 281 g/mol. The van der Waals surface area contributed by atoms with Gasteiger partial charge < -0.3 is 5.32 Å². The molecule has 1 aliphatic heterocycles. The van der Waals surface area contributed by atoms with Crippen LogP contribution in [0.4, 0.5) is 0 Å². The molecule has 0 radical (unpaired) electrons. The molecule has 0 amide bonds. The van der Waals surface area contributed by atoms with Gasteiger partial charge in [0.25, 0.3) is 0 Å². The molecule has 4 nitrogen and oxygen atoms in total. The Morgan fingerprint density at radius 1 is 1.10 bits per heavy atom. The lowest BCUT2D eigenvalue weighted by atomic mass is 9.77. The molecule has 0 aromatic rings. The summed E-state index contributed by atoms with van der Waals surface area (Å²) in [6.07, 6.45) is 4.54. The van der Waals surface area contributed by atoms with Gasteiger partial charge in [-0.3, -0.25) is 14.6 Å². The highest BCUT2D eigenvalue weighted by atomic mass is 16.1. The maximum absolute atomic E-state index is 12.7. The van der Waals surface area contributed by atoms with E-state index in [4.69, 9.17) is 0 Å². The summed E-state index contributed by atoms with van der Waals surface area (Å²) in [4.78, 5) is 17.4. The SMILES string of the molecule is CN(C)C(C)(C)C(=O)C1CCC(N2CCNCC2)CC1. The van der Waals surface area contributed by atoms with Gasteiger partial charge in [-0.25, -0.2) is 0 Å². The van der Waals surface area contributed by atoms with Crippen molar-refractivity contribution in [1.29, 1.82) is 0 Å². The van der Waals surface area contributed by atoms with Crippen LogP contribution in [0.1, 0.15) is 39.5 Å². The van der Waals surface area contributed by atoms with Crippen LogP contribution in [0.15, 0.2) is 0 Å². The van der Waals surface area contributed by atoms with Crippen LogP contribution in [-0.4, -0.2) is 67.4 Å². The highest BCUT2D eigenvalue weighted by Gasteiger charge is 2.38. The standard InChI is InChI=1S/C16H31N3O/c1-16(2,18(3)4)15(20)13-5-7-14(8-6-13)19-11-9-17-10-12-19/h13-14,17H,5-12H2,1-4H3. The Hall–Kier alpha value is -0.450. The maximum Gasteiger partial charge on any atom is 0.155 e. The molecule has 1 saturated heterocycles. The molecule has 0 unspecified atom stereocenters. The Kier molecular flexibility index (Phi) is 5.21. The number of carbonyl (C=O) groups is 1. The van der Waals surface area contributed by atoms with Crippen molar-refractivity contribution in [3.8, 4) is 0 Å². The van der Waals surface area contributed by atoms with E-state index in [1.807, 2.05) is 14.1 Å². The molecule has 1 saturated carbocycles. The first-order valence-corrected chi connectivity index (χ1v) is 8.09. The highest BCUT2D eigenvalue weighted by Crippen LogP contribution is 2.32. The van der Waals surface area contributed by atoms with E-state index in [0.717, 1.165) is 25.9 Å². The fourth-order valence-corrected chi connectivity index (χ4v) is 3.47. The first kappa shape index (κ1) is 15.9. The Bertz CT molecular complexity index is 327. The molecule has 0 aromatic heterocycles. The molecular weight excluding hydrogens is 250 g/mol. The molecule has 2 aliphatic rings. The van der Waals surface area contributed by atoms with Crippen LogP contribution in [0.25, 0.3) is 0 Å². The summed E-state index contributed by atoms with van der Waals surface area (Å²) in [5.74, 6) is 0.702. The smallest absolute Gasteiger partial charge is 0.155 e. The number of nitrogens with zero attached hydrogens (tertiary/aromatic N) is 2. The van der Waals surface area contributed by atoms with Crippen molar-refractivity contribution in [2.75, 3.05) is 40.3 Å². The fraction of sp³-hybridized carbons (Fsp3) is 0.938. The van der Waals surface area contributed by atoms with Gasteiger partial charge in [-0.2, -0.15) is 0 Å². The summed E-state index contributed by atoms with van der Waals surface area (Å²) >= 11 is 0. The van der Waals surface area contributed by atoms with Crippen molar-refractivity contribution in [3.05, 3.63) is 0 Å². The Morgan fingerprint density at radius 2 is 1.65 bits per heavy atom. The number of carbonyl (C=O) groups excluding carboxylic acids is 1. The second-order valence-electron chi connectivity index (χ2n) is 7.11. The van der Waals surface area contributed by atoms with Crippen LogP contribution < -0.4 is 5.32 Å². The maximum atomic E-state index is 12.7. The molecule has 116 valence electrons. The third-order valence-electron chi connectivity index (χ3n) is 5.46. The second-order valence-corrected chi connectivity index (χ2v) is 7.11. The topological polar surface area (TPSA) is 35.6 Å². The molecule has 2 fully saturated rings. The van der Waals surface area contributed by atoms with Gasteiger partial charge in [0.2, 0.25) is 0 Å². The van der Waals surface area contributed by atoms with E-state index in [9.17, 15) is 4.79 Å². The predicted octanol–water partition coefficient (Wildman–Crippen LogP) is 1.36. The summed E-state index contributed by atoms with van der Waals surface area (Å²) in [6, 6.07) is 0.712. The number of ketones is 1. The number of likely N-dealkylation sites (N-methyl/N-ethyl adjacent to an activating group) is 1. The third-order valence-corrected chi connectivity index (χ3v) is 5.46. The number of rotatable bonds is 4. The molecule has 2 rings (SSSR count). The third kappa shape index (κ3) is 3.41. The quantitative estimate of drug-likeness (QED) is 0.844. The highest BCUT2D eigenvalue weighted by molar-refractivity contribution is 5.89. The number of Topliss-reactive ketones (excluding diaryl/α,β-unsaturated/α-hetero) is 1. The van der Waals surface area contributed by atoms with Gasteiger partial charge in [-0.05, 0) is 53.6 Å². The molecule has 20 heavy (non-hydrogen) atoms. The molecule has 1 heterocycles. The summed E-state index contributed by atoms with van der Waals surface area (Å²) in [5, 5.41) is 3.41. The second kappa shape index (κ2) is 6.54. The van der Waals surface area contributed by atoms with E-state index >= 15 is 0 Å². The lowest BCUT2D eigenvalue weighted by molar-refractivity contribution is -0.133. The Morgan fingerprint density at radius 3 is 2.15 bits per heavy atom. The van der Waals surface area contributed by atoms with E-state index in [-0.39, 0.29) is 11.5 Å². The van der Waals surface area contributed by atoms with Crippen LogP contribution in [0, 0.1) is 5.92 Å². The van der Waals surface area contributed by atoms with Gasteiger partial charge in [0.05, 0.1) is 5.54 Å². The zero-order valence-electron chi connectivity index (χ0n) is 13.6. The monoisotopic (exact) mass is 281 g/mol. The Labute approximate surface area is 123 Å². The molecule has 1 aliphatic carbocycles.